The normalized spacial score (nSPS) is 10.2. The largest absolute Gasteiger partial charge is 0.496 e. The smallest absolute Gasteiger partial charge is 0.347 e. The molecule has 0 unspecified atom stereocenters. The van der Waals surface area contributed by atoms with Crippen molar-refractivity contribution >= 4 is 23.9 Å². The zero-order valence-electron chi connectivity index (χ0n) is 28.2. The van der Waals surface area contributed by atoms with Gasteiger partial charge in [-0.3, -0.25) is 0 Å². The summed E-state index contributed by atoms with van der Waals surface area (Å²) in [6, 6.07) is 13.7. The van der Waals surface area contributed by atoms with Crippen molar-refractivity contribution in [3.8, 4) is 40.2 Å². The topological polar surface area (TPSA) is 151 Å². The SMILES string of the molecule is C=CC(=O)OCCCCOc1ccc(C(=O)Oc2ccc(OC(=O)c3cc(OC)c(OCCCCOC(=O)C=C)cc3OC)cc2OC)cc1. The average Bonchev–Trinajstić information content (AvgIpc) is 3.14. The summed E-state index contributed by atoms with van der Waals surface area (Å²) in [7, 11) is 4.22. The molecule has 13 heteroatoms. The van der Waals surface area contributed by atoms with Crippen LogP contribution in [0.4, 0.5) is 0 Å². The van der Waals surface area contributed by atoms with Gasteiger partial charge in [-0.2, -0.15) is 0 Å². The Morgan fingerprint density at radius 3 is 1.66 bits per heavy atom. The van der Waals surface area contributed by atoms with E-state index in [1.807, 2.05) is 0 Å². The third-order valence-electron chi connectivity index (χ3n) is 6.77. The van der Waals surface area contributed by atoms with Gasteiger partial charge in [-0.1, -0.05) is 13.2 Å². The monoisotopic (exact) mass is 692 g/mol. The Labute approximate surface area is 290 Å². The second kappa shape index (κ2) is 20.4. The zero-order chi connectivity index (χ0) is 36.3. The quantitative estimate of drug-likeness (QED) is 0.0562. The van der Waals surface area contributed by atoms with E-state index in [4.69, 9.17) is 42.6 Å². The average molecular weight is 693 g/mol. The molecule has 3 aromatic carbocycles. The first-order valence-corrected chi connectivity index (χ1v) is 15.5. The van der Waals surface area contributed by atoms with Gasteiger partial charge in [0.2, 0.25) is 0 Å². The molecule has 0 aromatic heterocycles. The molecule has 50 heavy (non-hydrogen) atoms. The summed E-state index contributed by atoms with van der Waals surface area (Å²) in [4.78, 5) is 48.3. The molecule has 266 valence electrons. The van der Waals surface area contributed by atoms with Gasteiger partial charge in [-0.15, -0.1) is 0 Å². The van der Waals surface area contributed by atoms with E-state index in [1.165, 1.54) is 51.7 Å². The Morgan fingerprint density at radius 2 is 1.08 bits per heavy atom. The van der Waals surface area contributed by atoms with E-state index >= 15 is 0 Å². The summed E-state index contributed by atoms with van der Waals surface area (Å²) in [5, 5.41) is 0. The number of rotatable bonds is 21. The molecular weight excluding hydrogens is 652 g/mol. The highest BCUT2D eigenvalue weighted by Gasteiger charge is 2.21. The highest BCUT2D eigenvalue weighted by atomic mass is 16.6. The first-order chi connectivity index (χ1) is 24.2. The summed E-state index contributed by atoms with van der Waals surface area (Å²) in [6.07, 6.45) is 4.69. The number of unbranched alkanes of at least 4 members (excludes halogenated alkanes) is 2. The van der Waals surface area contributed by atoms with Gasteiger partial charge < -0.3 is 42.6 Å². The highest BCUT2D eigenvalue weighted by molar-refractivity contribution is 5.95. The van der Waals surface area contributed by atoms with Crippen molar-refractivity contribution in [2.75, 3.05) is 47.8 Å². The van der Waals surface area contributed by atoms with Crippen molar-refractivity contribution in [2.45, 2.75) is 25.7 Å². The van der Waals surface area contributed by atoms with Gasteiger partial charge in [-0.25, -0.2) is 19.2 Å². The van der Waals surface area contributed by atoms with Crippen LogP contribution in [-0.2, 0) is 19.1 Å². The predicted octanol–water partition coefficient (Wildman–Crippen LogP) is 5.93. The van der Waals surface area contributed by atoms with Gasteiger partial charge in [0.05, 0.1) is 53.3 Å². The Bertz CT molecular complexity index is 1630. The lowest BCUT2D eigenvalue weighted by Gasteiger charge is -2.16. The number of methoxy groups -OCH3 is 3. The summed E-state index contributed by atoms with van der Waals surface area (Å²) >= 11 is 0. The standard InChI is InChI=1S/C37H40O13/c1-6-34(38)47-20-10-8-18-45-26-14-12-25(13-15-26)36(40)50-29-17-16-27(22-31(29)43-4)49-37(41)28-23-32(44-5)33(24-30(28)42-3)46-19-9-11-21-48-35(39)7-2/h6-7,12-17,22-24H,1-2,8-11,18-21H2,3-5H3. The Hall–Kier alpha value is -5.98. The molecule has 3 aromatic rings. The molecular formula is C37H40O13. The van der Waals surface area contributed by atoms with E-state index in [0.29, 0.717) is 50.4 Å². The Kier molecular flexibility index (Phi) is 15.7. The van der Waals surface area contributed by atoms with E-state index in [-0.39, 0.29) is 53.1 Å². The van der Waals surface area contributed by atoms with Gasteiger partial charge in [0, 0.05) is 30.4 Å². The van der Waals surface area contributed by atoms with Crippen molar-refractivity contribution in [1.82, 2.24) is 0 Å². The van der Waals surface area contributed by atoms with Crippen LogP contribution in [0.5, 0.6) is 40.2 Å². The molecule has 0 atom stereocenters. The summed E-state index contributed by atoms with van der Waals surface area (Å²) in [5.74, 6) is -0.599. The number of esters is 4. The van der Waals surface area contributed by atoms with Crippen LogP contribution >= 0.6 is 0 Å². The molecule has 0 heterocycles. The molecule has 0 spiro atoms. The lowest BCUT2D eigenvalue weighted by atomic mass is 10.1. The minimum atomic E-state index is -0.749. The van der Waals surface area contributed by atoms with E-state index in [1.54, 1.807) is 24.3 Å². The van der Waals surface area contributed by atoms with Crippen LogP contribution in [0.3, 0.4) is 0 Å². The number of carbonyl (C=O) groups is 4. The Balaban J connectivity index is 1.58. The maximum absolute atomic E-state index is 13.2. The fourth-order valence-electron chi connectivity index (χ4n) is 4.19. The zero-order valence-corrected chi connectivity index (χ0v) is 28.2. The van der Waals surface area contributed by atoms with Crippen molar-refractivity contribution in [1.29, 1.82) is 0 Å². The lowest BCUT2D eigenvalue weighted by Crippen LogP contribution is -2.12. The predicted molar refractivity (Wildman–Crippen MR) is 181 cm³/mol. The molecule has 0 amide bonds. The van der Waals surface area contributed by atoms with Gasteiger partial charge in [0.25, 0.3) is 0 Å². The van der Waals surface area contributed by atoms with Crippen molar-refractivity contribution in [3.63, 3.8) is 0 Å². The lowest BCUT2D eigenvalue weighted by molar-refractivity contribution is -0.138. The van der Waals surface area contributed by atoms with Crippen molar-refractivity contribution in [2.24, 2.45) is 0 Å². The van der Waals surface area contributed by atoms with E-state index < -0.39 is 23.9 Å². The van der Waals surface area contributed by atoms with Crippen LogP contribution in [0.1, 0.15) is 46.4 Å². The van der Waals surface area contributed by atoms with E-state index in [2.05, 4.69) is 13.2 Å². The number of carbonyl (C=O) groups excluding carboxylic acids is 4. The highest BCUT2D eigenvalue weighted by Crippen LogP contribution is 2.37. The summed E-state index contributed by atoms with van der Waals surface area (Å²) in [6.45, 7) is 7.91. The minimum absolute atomic E-state index is 0.0731. The molecule has 0 saturated carbocycles. The number of ether oxygens (including phenoxy) is 9. The van der Waals surface area contributed by atoms with Gasteiger partial charge in [-0.05, 0) is 62.1 Å². The Morgan fingerprint density at radius 1 is 0.540 bits per heavy atom. The van der Waals surface area contributed by atoms with Gasteiger partial charge in [0.15, 0.2) is 23.0 Å². The molecule has 0 aliphatic carbocycles. The molecule has 13 nitrogen and oxygen atoms in total. The van der Waals surface area contributed by atoms with Crippen LogP contribution in [0.2, 0.25) is 0 Å². The van der Waals surface area contributed by atoms with Crippen LogP contribution in [0.15, 0.2) is 79.9 Å². The third-order valence-corrected chi connectivity index (χ3v) is 6.77. The first-order valence-electron chi connectivity index (χ1n) is 15.5. The second-order valence-electron chi connectivity index (χ2n) is 10.2. The maximum atomic E-state index is 13.2. The van der Waals surface area contributed by atoms with E-state index in [0.717, 1.165) is 12.2 Å². The van der Waals surface area contributed by atoms with Crippen molar-refractivity contribution in [3.05, 3.63) is 91.0 Å². The molecule has 0 radical (unpaired) electrons. The molecule has 0 fully saturated rings. The van der Waals surface area contributed by atoms with Crippen LogP contribution in [0, 0.1) is 0 Å². The fraction of sp³-hybridized carbons (Fsp3) is 0.297. The number of hydrogen-bond donors (Lipinski definition) is 0. The minimum Gasteiger partial charge on any atom is -0.496 e. The van der Waals surface area contributed by atoms with Crippen LogP contribution < -0.4 is 33.2 Å². The molecule has 0 N–H and O–H groups in total. The third kappa shape index (κ3) is 11.9. The van der Waals surface area contributed by atoms with E-state index in [9.17, 15) is 19.2 Å². The fourth-order valence-corrected chi connectivity index (χ4v) is 4.19. The number of hydrogen-bond acceptors (Lipinski definition) is 13. The van der Waals surface area contributed by atoms with Crippen LogP contribution in [-0.4, -0.2) is 71.6 Å². The number of benzene rings is 3. The maximum Gasteiger partial charge on any atom is 0.347 e. The second-order valence-corrected chi connectivity index (χ2v) is 10.2. The van der Waals surface area contributed by atoms with Gasteiger partial charge >= 0.3 is 23.9 Å². The molecule has 0 saturated heterocycles. The molecule has 0 aliphatic heterocycles. The molecule has 0 bridgehead atoms. The molecule has 3 rings (SSSR count). The summed E-state index contributed by atoms with van der Waals surface area (Å²) in [5.41, 5.74) is 0.345. The van der Waals surface area contributed by atoms with Crippen molar-refractivity contribution < 1.29 is 61.8 Å². The first kappa shape index (κ1) is 38.5. The van der Waals surface area contributed by atoms with Gasteiger partial charge in [0.1, 0.15) is 22.8 Å². The molecule has 0 aliphatic rings. The summed E-state index contributed by atoms with van der Waals surface area (Å²) < 4.78 is 48.7. The van der Waals surface area contributed by atoms with Crippen LogP contribution in [0.25, 0.3) is 0 Å².